The number of imidazole rings is 1. The number of nitrogens with zero attached hydrogens (tertiary/aromatic N) is 5. The molecular formula is C23H32FN5O. The fraction of sp³-hybridized carbons (Fsp3) is 0.565. The van der Waals surface area contributed by atoms with Gasteiger partial charge in [0.2, 0.25) is 5.91 Å². The lowest BCUT2D eigenvalue weighted by Gasteiger charge is -2.44. The van der Waals surface area contributed by atoms with Crippen molar-refractivity contribution in [3.05, 3.63) is 48.3 Å². The largest absolute Gasteiger partial charge is 0.367 e. The standard InChI is InChI=1S/C23H32FN5O/c1-2-22-25-10-13-28(22)12-9-23(30)29-11-5-6-19(18-29)26-14-16-27(17-15-26)21-8-4-3-7-20(21)24/h3-4,7-8,10,13,19H,2,5-6,9,11-12,14-18H2,1H3. The summed E-state index contributed by atoms with van der Waals surface area (Å²) in [5, 5.41) is 0. The van der Waals surface area contributed by atoms with E-state index in [4.69, 9.17) is 0 Å². The number of likely N-dealkylation sites (tertiary alicyclic amines) is 1. The van der Waals surface area contributed by atoms with Crippen LogP contribution in [0.25, 0.3) is 0 Å². The summed E-state index contributed by atoms with van der Waals surface area (Å²) < 4.78 is 16.2. The Kier molecular flexibility index (Phi) is 6.67. The van der Waals surface area contributed by atoms with Crippen molar-refractivity contribution in [2.24, 2.45) is 0 Å². The minimum absolute atomic E-state index is 0.149. The minimum atomic E-state index is -0.149. The molecule has 1 aromatic carbocycles. The zero-order valence-electron chi connectivity index (χ0n) is 17.8. The van der Waals surface area contributed by atoms with Crippen LogP contribution in [0.5, 0.6) is 0 Å². The van der Waals surface area contributed by atoms with E-state index in [1.807, 2.05) is 23.2 Å². The molecule has 4 rings (SSSR count). The first-order chi connectivity index (χ1) is 14.7. The predicted octanol–water partition coefficient (Wildman–Crippen LogP) is 2.79. The maximum absolute atomic E-state index is 14.1. The third-order valence-corrected chi connectivity index (χ3v) is 6.46. The van der Waals surface area contributed by atoms with Gasteiger partial charge in [-0.15, -0.1) is 0 Å². The molecule has 1 atom stereocenters. The van der Waals surface area contributed by atoms with Crippen molar-refractivity contribution in [2.45, 2.75) is 45.2 Å². The molecule has 1 amide bonds. The first kappa shape index (κ1) is 20.8. The molecule has 3 heterocycles. The maximum atomic E-state index is 14.1. The topological polar surface area (TPSA) is 44.6 Å². The number of carbonyl (C=O) groups excluding carboxylic acids is 1. The van der Waals surface area contributed by atoms with E-state index in [1.165, 1.54) is 6.07 Å². The van der Waals surface area contributed by atoms with E-state index in [9.17, 15) is 9.18 Å². The number of aromatic nitrogens is 2. The number of amides is 1. The maximum Gasteiger partial charge on any atom is 0.224 e. The molecule has 2 fully saturated rings. The number of aryl methyl sites for hydroxylation is 2. The van der Waals surface area contributed by atoms with E-state index >= 15 is 0 Å². The number of anilines is 1. The van der Waals surface area contributed by atoms with Crippen molar-refractivity contribution in [1.82, 2.24) is 19.4 Å². The Bertz CT molecular complexity index is 846. The van der Waals surface area contributed by atoms with Crippen LogP contribution in [0, 0.1) is 5.82 Å². The van der Waals surface area contributed by atoms with Crippen molar-refractivity contribution in [2.75, 3.05) is 44.2 Å². The van der Waals surface area contributed by atoms with E-state index < -0.39 is 0 Å². The van der Waals surface area contributed by atoms with Crippen LogP contribution < -0.4 is 4.90 Å². The quantitative estimate of drug-likeness (QED) is 0.731. The number of hydrogen-bond donors (Lipinski definition) is 0. The number of benzene rings is 1. The van der Waals surface area contributed by atoms with E-state index in [1.54, 1.807) is 12.3 Å². The van der Waals surface area contributed by atoms with E-state index in [2.05, 4.69) is 26.3 Å². The fourth-order valence-corrected chi connectivity index (χ4v) is 4.75. The molecule has 0 radical (unpaired) electrons. The molecule has 2 aromatic rings. The summed E-state index contributed by atoms with van der Waals surface area (Å²) in [7, 11) is 0. The van der Waals surface area contributed by atoms with Gasteiger partial charge < -0.3 is 14.4 Å². The summed E-state index contributed by atoms with van der Waals surface area (Å²) in [5.41, 5.74) is 0.698. The first-order valence-corrected chi connectivity index (χ1v) is 11.2. The van der Waals surface area contributed by atoms with Gasteiger partial charge in [-0.25, -0.2) is 9.37 Å². The monoisotopic (exact) mass is 413 g/mol. The molecule has 6 nitrogen and oxygen atoms in total. The second-order valence-electron chi connectivity index (χ2n) is 8.25. The SMILES string of the molecule is CCc1nccn1CCC(=O)N1CCCC(N2CCN(c3ccccc3F)CC2)C1. The molecule has 2 saturated heterocycles. The summed E-state index contributed by atoms with van der Waals surface area (Å²) in [6.45, 7) is 7.92. The number of piperazine rings is 1. The Hall–Kier alpha value is -2.41. The van der Waals surface area contributed by atoms with Crippen LogP contribution in [0.2, 0.25) is 0 Å². The molecule has 0 saturated carbocycles. The van der Waals surface area contributed by atoms with Crippen molar-refractivity contribution in [3.8, 4) is 0 Å². The Morgan fingerprint density at radius 1 is 1.17 bits per heavy atom. The van der Waals surface area contributed by atoms with Gasteiger partial charge in [-0.05, 0) is 25.0 Å². The van der Waals surface area contributed by atoms with Gasteiger partial charge in [0.1, 0.15) is 11.6 Å². The average molecular weight is 414 g/mol. The molecule has 0 spiro atoms. The number of hydrogen-bond acceptors (Lipinski definition) is 4. The van der Waals surface area contributed by atoms with Gasteiger partial charge in [-0.3, -0.25) is 9.69 Å². The van der Waals surface area contributed by atoms with Crippen LogP contribution in [0.1, 0.15) is 32.0 Å². The third-order valence-electron chi connectivity index (χ3n) is 6.46. The van der Waals surface area contributed by atoms with Crippen molar-refractivity contribution >= 4 is 11.6 Å². The zero-order chi connectivity index (χ0) is 20.9. The van der Waals surface area contributed by atoms with Crippen LogP contribution in [0.3, 0.4) is 0 Å². The van der Waals surface area contributed by atoms with E-state index in [0.29, 0.717) is 24.7 Å². The Balaban J connectivity index is 1.28. The molecular weight excluding hydrogens is 381 g/mol. The van der Waals surface area contributed by atoms with Gasteiger partial charge >= 0.3 is 0 Å². The second-order valence-corrected chi connectivity index (χ2v) is 8.25. The molecule has 2 aliphatic rings. The summed E-state index contributed by atoms with van der Waals surface area (Å²) in [4.78, 5) is 23.8. The molecule has 2 aliphatic heterocycles. The highest BCUT2D eigenvalue weighted by Gasteiger charge is 2.30. The molecule has 0 N–H and O–H groups in total. The van der Waals surface area contributed by atoms with Crippen LogP contribution in [0.4, 0.5) is 10.1 Å². The second kappa shape index (κ2) is 9.60. The third kappa shape index (κ3) is 4.67. The number of rotatable bonds is 6. The van der Waals surface area contributed by atoms with E-state index in [0.717, 1.165) is 64.4 Å². The van der Waals surface area contributed by atoms with Gasteiger partial charge in [0.05, 0.1) is 5.69 Å². The molecule has 30 heavy (non-hydrogen) atoms. The number of halogens is 1. The highest BCUT2D eigenvalue weighted by molar-refractivity contribution is 5.76. The van der Waals surface area contributed by atoms with Gasteiger partial charge in [0, 0.05) is 77.1 Å². The smallest absolute Gasteiger partial charge is 0.224 e. The highest BCUT2D eigenvalue weighted by atomic mass is 19.1. The number of para-hydroxylation sites is 1. The van der Waals surface area contributed by atoms with Gasteiger partial charge in [-0.1, -0.05) is 19.1 Å². The van der Waals surface area contributed by atoms with Crippen molar-refractivity contribution in [1.29, 1.82) is 0 Å². The molecule has 0 aliphatic carbocycles. The molecule has 1 unspecified atom stereocenters. The van der Waals surface area contributed by atoms with E-state index in [-0.39, 0.29) is 11.7 Å². The first-order valence-electron chi connectivity index (χ1n) is 11.2. The van der Waals surface area contributed by atoms with Crippen LogP contribution in [-0.2, 0) is 17.8 Å². The lowest BCUT2D eigenvalue weighted by atomic mass is 10.0. The summed E-state index contributed by atoms with van der Waals surface area (Å²) >= 11 is 0. The summed E-state index contributed by atoms with van der Waals surface area (Å²) in [6.07, 6.45) is 7.35. The lowest BCUT2D eigenvalue weighted by Crippen LogP contribution is -2.56. The highest BCUT2D eigenvalue weighted by Crippen LogP contribution is 2.23. The minimum Gasteiger partial charge on any atom is -0.367 e. The molecule has 0 bridgehead atoms. The Labute approximate surface area is 178 Å². The summed E-state index contributed by atoms with van der Waals surface area (Å²) in [6, 6.07) is 7.42. The normalized spacial score (nSPS) is 20.5. The number of carbonyl (C=O) groups is 1. The summed E-state index contributed by atoms with van der Waals surface area (Å²) in [5.74, 6) is 1.12. The Morgan fingerprint density at radius 2 is 1.97 bits per heavy atom. The van der Waals surface area contributed by atoms with Crippen molar-refractivity contribution in [3.63, 3.8) is 0 Å². The predicted molar refractivity (Wildman–Crippen MR) is 116 cm³/mol. The number of piperidine rings is 1. The molecule has 162 valence electrons. The molecule has 1 aromatic heterocycles. The van der Waals surface area contributed by atoms with Crippen molar-refractivity contribution < 1.29 is 9.18 Å². The average Bonchev–Trinajstić information content (AvgIpc) is 3.26. The van der Waals surface area contributed by atoms with Gasteiger partial charge in [0.15, 0.2) is 0 Å². The van der Waals surface area contributed by atoms with Crippen LogP contribution >= 0.6 is 0 Å². The van der Waals surface area contributed by atoms with Crippen LogP contribution in [-0.4, -0.2) is 70.6 Å². The van der Waals surface area contributed by atoms with Gasteiger partial charge in [-0.2, -0.15) is 0 Å². The zero-order valence-corrected chi connectivity index (χ0v) is 17.8. The molecule has 7 heteroatoms. The fourth-order valence-electron chi connectivity index (χ4n) is 4.75. The van der Waals surface area contributed by atoms with Crippen LogP contribution in [0.15, 0.2) is 36.7 Å². The Morgan fingerprint density at radius 3 is 2.73 bits per heavy atom. The van der Waals surface area contributed by atoms with Gasteiger partial charge in [0.25, 0.3) is 0 Å². The lowest BCUT2D eigenvalue weighted by molar-refractivity contribution is -0.133.